The number of nitro groups is 1. The van der Waals surface area contributed by atoms with Crippen molar-refractivity contribution in [2.24, 2.45) is 0 Å². The van der Waals surface area contributed by atoms with E-state index in [0.717, 1.165) is 31.2 Å². The van der Waals surface area contributed by atoms with Gasteiger partial charge < -0.3 is 4.52 Å². The van der Waals surface area contributed by atoms with E-state index in [1.54, 1.807) is 5.48 Å². The highest BCUT2D eigenvalue weighted by molar-refractivity contribution is 7.47. The summed E-state index contributed by atoms with van der Waals surface area (Å²) in [5.41, 5.74) is 1.45. The van der Waals surface area contributed by atoms with Crippen LogP contribution in [0.5, 0.6) is 5.75 Å². The molecule has 0 saturated heterocycles. The standard InChI is InChI=1S/C8H9N2O7P/c1-6(11)9-17-18(14,15)16-8-4-2-7(3-5-8)10(12)13/h2-5H,1H3,(H,9,11)(H,14,15). The van der Waals surface area contributed by atoms with Gasteiger partial charge in [-0.3, -0.25) is 19.8 Å². The van der Waals surface area contributed by atoms with Crippen molar-refractivity contribution in [2.75, 3.05) is 0 Å². The Hall–Kier alpha value is -1.96. The van der Waals surface area contributed by atoms with Crippen molar-refractivity contribution in [3.8, 4) is 5.75 Å². The first kappa shape index (κ1) is 14.1. The number of nitrogens with one attached hydrogen (secondary N) is 1. The number of nitro benzene ring substituents is 1. The molecule has 1 atom stereocenters. The number of carbonyl (C=O) groups is 1. The second-order valence-corrected chi connectivity index (χ2v) is 4.36. The van der Waals surface area contributed by atoms with Gasteiger partial charge in [-0.2, -0.15) is 4.62 Å². The smallest absolute Gasteiger partial charge is 0.403 e. The molecule has 9 nitrogen and oxygen atoms in total. The zero-order valence-corrected chi connectivity index (χ0v) is 9.99. The van der Waals surface area contributed by atoms with Crippen molar-refractivity contribution in [2.45, 2.75) is 6.92 Å². The van der Waals surface area contributed by atoms with E-state index in [1.165, 1.54) is 0 Å². The quantitative estimate of drug-likeness (QED) is 0.468. The maximum Gasteiger partial charge on any atom is 0.549 e. The Morgan fingerprint density at radius 3 is 2.44 bits per heavy atom. The van der Waals surface area contributed by atoms with Crippen LogP contribution in [0.3, 0.4) is 0 Å². The summed E-state index contributed by atoms with van der Waals surface area (Å²) in [6.07, 6.45) is 0. The van der Waals surface area contributed by atoms with Gasteiger partial charge in [0.05, 0.1) is 4.92 Å². The van der Waals surface area contributed by atoms with Crippen molar-refractivity contribution in [1.82, 2.24) is 5.48 Å². The Morgan fingerprint density at radius 2 is 2.00 bits per heavy atom. The van der Waals surface area contributed by atoms with Crippen LogP contribution in [0.1, 0.15) is 6.92 Å². The number of phosphoric acid groups is 1. The van der Waals surface area contributed by atoms with Crippen LogP contribution in [0.25, 0.3) is 0 Å². The zero-order valence-electron chi connectivity index (χ0n) is 9.10. The van der Waals surface area contributed by atoms with Gasteiger partial charge in [-0.15, -0.1) is 0 Å². The third kappa shape index (κ3) is 4.50. The molecule has 0 aromatic heterocycles. The summed E-state index contributed by atoms with van der Waals surface area (Å²) in [6.45, 7) is 1.08. The molecule has 1 aromatic carbocycles. The molecule has 10 heteroatoms. The summed E-state index contributed by atoms with van der Waals surface area (Å²) in [7, 11) is -4.51. The highest BCUT2D eigenvalue weighted by Gasteiger charge is 2.24. The van der Waals surface area contributed by atoms with Crippen LogP contribution >= 0.6 is 7.82 Å². The predicted octanol–water partition coefficient (Wildman–Crippen LogP) is 1.14. The first-order chi connectivity index (χ1) is 8.30. The zero-order chi connectivity index (χ0) is 13.8. The maximum absolute atomic E-state index is 11.3. The molecule has 0 aliphatic carbocycles. The first-order valence-corrected chi connectivity index (χ1v) is 6.02. The number of carbonyl (C=O) groups excluding carboxylic acids is 1. The van der Waals surface area contributed by atoms with Gasteiger partial charge >= 0.3 is 7.82 Å². The lowest BCUT2D eigenvalue weighted by Crippen LogP contribution is -2.19. The van der Waals surface area contributed by atoms with Crippen LogP contribution in [-0.4, -0.2) is 15.7 Å². The molecular weight excluding hydrogens is 267 g/mol. The Bertz CT molecular complexity index is 501. The third-order valence-electron chi connectivity index (χ3n) is 1.57. The van der Waals surface area contributed by atoms with Gasteiger partial charge in [0.25, 0.3) is 5.69 Å². The van der Waals surface area contributed by atoms with E-state index in [1.807, 2.05) is 0 Å². The number of benzene rings is 1. The average molecular weight is 276 g/mol. The molecule has 18 heavy (non-hydrogen) atoms. The van der Waals surface area contributed by atoms with Crippen LogP contribution < -0.4 is 10.0 Å². The molecule has 2 N–H and O–H groups in total. The molecule has 0 saturated carbocycles. The molecule has 0 heterocycles. The number of non-ortho nitro benzene ring substituents is 1. The van der Waals surface area contributed by atoms with E-state index in [4.69, 9.17) is 4.89 Å². The molecule has 98 valence electrons. The predicted molar refractivity (Wildman–Crippen MR) is 58.5 cm³/mol. The minimum absolute atomic E-state index is 0.114. The van der Waals surface area contributed by atoms with Crippen molar-refractivity contribution >= 4 is 19.4 Å². The molecule has 1 amide bonds. The van der Waals surface area contributed by atoms with Gasteiger partial charge in [-0.1, -0.05) is 0 Å². The van der Waals surface area contributed by atoms with E-state index in [-0.39, 0.29) is 11.4 Å². The number of hydrogen-bond acceptors (Lipinski definition) is 6. The number of phosphoric ester groups is 1. The van der Waals surface area contributed by atoms with Gasteiger partial charge in [0.1, 0.15) is 5.75 Å². The number of rotatable bonds is 5. The fraction of sp³-hybridized carbons (Fsp3) is 0.125. The van der Waals surface area contributed by atoms with E-state index in [0.29, 0.717) is 0 Å². The summed E-state index contributed by atoms with van der Waals surface area (Å²) >= 11 is 0. The lowest BCUT2D eigenvalue weighted by atomic mass is 10.3. The summed E-state index contributed by atoms with van der Waals surface area (Å²) < 4.78 is 19.9. The Balaban J connectivity index is 2.69. The molecule has 0 aliphatic rings. The topological polar surface area (TPSA) is 128 Å². The minimum Gasteiger partial charge on any atom is -0.403 e. The second kappa shape index (κ2) is 5.58. The SMILES string of the molecule is CC(=O)NOP(=O)(O)Oc1ccc([N+](=O)[O-])cc1. The molecule has 1 aromatic rings. The molecule has 0 fully saturated rings. The van der Waals surface area contributed by atoms with Gasteiger partial charge in [0.15, 0.2) is 0 Å². The highest BCUT2D eigenvalue weighted by Crippen LogP contribution is 2.42. The van der Waals surface area contributed by atoms with E-state index in [2.05, 4.69) is 9.15 Å². The number of nitrogens with zero attached hydrogens (tertiary/aromatic N) is 1. The maximum atomic E-state index is 11.3. The highest BCUT2D eigenvalue weighted by atomic mass is 31.2. The summed E-state index contributed by atoms with van der Waals surface area (Å²) in [4.78, 5) is 29.4. The van der Waals surface area contributed by atoms with Crippen LogP contribution in [0, 0.1) is 10.1 Å². The lowest BCUT2D eigenvalue weighted by molar-refractivity contribution is -0.384. The summed E-state index contributed by atoms with van der Waals surface area (Å²) in [6, 6.07) is 4.43. The minimum atomic E-state index is -4.51. The largest absolute Gasteiger partial charge is 0.549 e. The number of amides is 1. The molecule has 1 unspecified atom stereocenters. The van der Waals surface area contributed by atoms with E-state index >= 15 is 0 Å². The average Bonchev–Trinajstić information content (AvgIpc) is 2.27. The van der Waals surface area contributed by atoms with Gasteiger partial charge in [-0.05, 0) is 12.1 Å². The van der Waals surface area contributed by atoms with Crippen molar-refractivity contribution in [1.29, 1.82) is 0 Å². The molecule has 0 bridgehead atoms. The van der Waals surface area contributed by atoms with E-state index < -0.39 is 18.7 Å². The van der Waals surface area contributed by atoms with Crippen molar-refractivity contribution < 1.29 is 28.3 Å². The first-order valence-electron chi connectivity index (χ1n) is 4.52. The van der Waals surface area contributed by atoms with Crippen molar-refractivity contribution in [3.63, 3.8) is 0 Å². The Morgan fingerprint density at radius 1 is 1.44 bits per heavy atom. The van der Waals surface area contributed by atoms with Crippen molar-refractivity contribution in [3.05, 3.63) is 34.4 Å². The number of hydroxylamine groups is 1. The fourth-order valence-corrected chi connectivity index (χ4v) is 1.57. The van der Waals surface area contributed by atoms with Crippen LogP contribution in [-0.2, 0) is 14.0 Å². The molecule has 0 spiro atoms. The molecule has 1 rings (SSSR count). The van der Waals surface area contributed by atoms with Gasteiger partial charge in [0.2, 0.25) is 5.91 Å². The summed E-state index contributed by atoms with van der Waals surface area (Å²) in [5.74, 6) is -0.798. The molecule has 0 aliphatic heterocycles. The van der Waals surface area contributed by atoms with Gasteiger partial charge in [0, 0.05) is 19.1 Å². The molecule has 0 radical (unpaired) electrons. The number of hydrogen-bond donors (Lipinski definition) is 2. The van der Waals surface area contributed by atoms with Crippen LogP contribution in [0.15, 0.2) is 24.3 Å². The third-order valence-corrected chi connectivity index (χ3v) is 2.34. The summed E-state index contributed by atoms with van der Waals surface area (Å²) in [5, 5.41) is 10.4. The second-order valence-electron chi connectivity index (χ2n) is 3.06. The monoisotopic (exact) mass is 276 g/mol. The van der Waals surface area contributed by atoms with Crippen LogP contribution in [0.2, 0.25) is 0 Å². The van der Waals surface area contributed by atoms with E-state index in [9.17, 15) is 19.5 Å². The Labute approximate surface area is 101 Å². The Kier molecular flexibility index (Phi) is 4.38. The molecular formula is C8H9N2O7P. The normalized spacial score (nSPS) is 13.4. The lowest BCUT2D eigenvalue weighted by Gasteiger charge is -2.11. The fourth-order valence-electron chi connectivity index (χ4n) is 0.903. The van der Waals surface area contributed by atoms with Gasteiger partial charge in [-0.25, -0.2) is 10.0 Å². The van der Waals surface area contributed by atoms with Crippen LogP contribution in [0.4, 0.5) is 5.69 Å².